The normalized spacial score (nSPS) is 15.8. The fraction of sp³-hybridized carbons (Fsp3) is 0.455. The van der Waals surface area contributed by atoms with Crippen molar-refractivity contribution in [1.82, 2.24) is 9.88 Å². The van der Waals surface area contributed by atoms with Crippen LogP contribution in [0.15, 0.2) is 18.3 Å². The van der Waals surface area contributed by atoms with E-state index in [0.29, 0.717) is 18.8 Å². The zero-order valence-corrected chi connectivity index (χ0v) is 9.80. The molecule has 0 aromatic carbocycles. The maximum atomic E-state index is 11.3. The van der Waals surface area contributed by atoms with Gasteiger partial charge in [-0.25, -0.2) is 9.78 Å². The standard InChI is InChI=1S/C11H16N4O2/c1-17-11(16)15-6-4-14(5-7-15)10-3-2-9(12)8-13-10/h2-3,8H,4-7,12H2,1H3. The van der Waals surface area contributed by atoms with Gasteiger partial charge >= 0.3 is 6.09 Å². The number of hydrogen-bond acceptors (Lipinski definition) is 5. The highest BCUT2D eigenvalue weighted by Crippen LogP contribution is 2.14. The second-order valence-corrected chi connectivity index (χ2v) is 3.89. The van der Waals surface area contributed by atoms with Gasteiger partial charge in [0.2, 0.25) is 0 Å². The van der Waals surface area contributed by atoms with Crippen LogP contribution in [0.2, 0.25) is 0 Å². The van der Waals surface area contributed by atoms with E-state index in [2.05, 4.69) is 14.6 Å². The smallest absolute Gasteiger partial charge is 0.409 e. The van der Waals surface area contributed by atoms with Crippen LogP contribution < -0.4 is 10.6 Å². The van der Waals surface area contributed by atoms with Crippen molar-refractivity contribution >= 4 is 17.6 Å². The van der Waals surface area contributed by atoms with E-state index in [4.69, 9.17) is 5.73 Å². The number of hydrogen-bond donors (Lipinski definition) is 1. The number of nitrogen functional groups attached to an aromatic ring is 1. The lowest BCUT2D eigenvalue weighted by atomic mass is 10.3. The number of pyridine rings is 1. The van der Waals surface area contributed by atoms with Gasteiger partial charge in [0.1, 0.15) is 5.82 Å². The van der Waals surface area contributed by atoms with Crippen molar-refractivity contribution in [2.75, 3.05) is 43.9 Å². The Morgan fingerprint density at radius 2 is 2.06 bits per heavy atom. The highest BCUT2D eigenvalue weighted by atomic mass is 16.5. The van der Waals surface area contributed by atoms with Crippen molar-refractivity contribution in [3.8, 4) is 0 Å². The van der Waals surface area contributed by atoms with Gasteiger partial charge in [-0.3, -0.25) is 0 Å². The van der Waals surface area contributed by atoms with E-state index in [0.717, 1.165) is 18.9 Å². The molecule has 0 aliphatic carbocycles. The second kappa shape index (κ2) is 4.90. The van der Waals surface area contributed by atoms with Crippen molar-refractivity contribution in [2.24, 2.45) is 0 Å². The maximum Gasteiger partial charge on any atom is 0.409 e. The molecule has 0 unspecified atom stereocenters. The van der Waals surface area contributed by atoms with Crippen LogP contribution in [-0.2, 0) is 4.74 Å². The van der Waals surface area contributed by atoms with E-state index in [1.165, 1.54) is 7.11 Å². The predicted molar refractivity (Wildman–Crippen MR) is 64.8 cm³/mol. The zero-order valence-electron chi connectivity index (χ0n) is 9.80. The van der Waals surface area contributed by atoms with E-state index in [1.807, 2.05) is 12.1 Å². The summed E-state index contributed by atoms with van der Waals surface area (Å²) in [6.07, 6.45) is 1.37. The summed E-state index contributed by atoms with van der Waals surface area (Å²) in [6, 6.07) is 3.72. The first-order valence-electron chi connectivity index (χ1n) is 5.50. The number of nitrogens with zero attached hydrogens (tertiary/aromatic N) is 3. The summed E-state index contributed by atoms with van der Waals surface area (Å²) in [5.74, 6) is 0.892. The minimum atomic E-state index is -0.269. The Hall–Kier alpha value is -1.98. The lowest BCUT2D eigenvalue weighted by molar-refractivity contribution is 0.121. The summed E-state index contributed by atoms with van der Waals surface area (Å²) in [4.78, 5) is 19.4. The van der Waals surface area contributed by atoms with Crippen LogP contribution in [0.3, 0.4) is 0 Å². The molecule has 1 amide bonds. The Morgan fingerprint density at radius 3 is 2.59 bits per heavy atom. The van der Waals surface area contributed by atoms with Gasteiger partial charge in [0.05, 0.1) is 19.0 Å². The maximum absolute atomic E-state index is 11.3. The van der Waals surface area contributed by atoms with E-state index in [-0.39, 0.29) is 6.09 Å². The van der Waals surface area contributed by atoms with E-state index in [9.17, 15) is 4.79 Å². The third kappa shape index (κ3) is 2.58. The Labute approximate surface area is 100.0 Å². The topological polar surface area (TPSA) is 71.7 Å². The van der Waals surface area contributed by atoms with Crippen LogP contribution in [0.1, 0.15) is 0 Å². The molecule has 2 heterocycles. The molecule has 0 spiro atoms. The molecule has 1 aromatic rings. The summed E-state index contributed by atoms with van der Waals surface area (Å²) >= 11 is 0. The average molecular weight is 236 g/mol. The Morgan fingerprint density at radius 1 is 1.35 bits per heavy atom. The SMILES string of the molecule is COC(=O)N1CCN(c2ccc(N)cn2)CC1. The van der Waals surface area contributed by atoms with Crippen molar-refractivity contribution in [2.45, 2.75) is 0 Å². The molecule has 6 heteroatoms. The molecule has 92 valence electrons. The molecule has 1 aromatic heterocycles. The molecular formula is C11H16N4O2. The first-order valence-corrected chi connectivity index (χ1v) is 5.50. The van der Waals surface area contributed by atoms with Crippen molar-refractivity contribution in [3.63, 3.8) is 0 Å². The minimum absolute atomic E-state index is 0.269. The number of anilines is 2. The van der Waals surface area contributed by atoms with Gasteiger partial charge in [0.25, 0.3) is 0 Å². The van der Waals surface area contributed by atoms with Gasteiger partial charge in [0.15, 0.2) is 0 Å². The van der Waals surface area contributed by atoms with Gasteiger partial charge in [-0.15, -0.1) is 0 Å². The van der Waals surface area contributed by atoms with Crippen LogP contribution in [0, 0.1) is 0 Å². The summed E-state index contributed by atoms with van der Waals surface area (Å²) in [7, 11) is 1.40. The second-order valence-electron chi connectivity index (χ2n) is 3.89. The van der Waals surface area contributed by atoms with Crippen LogP contribution in [0.25, 0.3) is 0 Å². The number of aromatic nitrogens is 1. The molecule has 1 saturated heterocycles. The fourth-order valence-corrected chi connectivity index (χ4v) is 1.83. The number of carbonyl (C=O) groups is 1. The number of amides is 1. The number of piperazine rings is 1. The first kappa shape index (κ1) is 11.5. The number of methoxy groups -OCH3 is 1. The lowest BCUT2D eigenvalue weighted by Gasteiger charge is -2.34. The number of carbonyl (C=O) groups excluding carboxylic acids is 1. The molecular weight excluding hydrogens is 220 g/mol. The van der Waals surface area contributed by atoms with E-state index < -0.39 is 0 Å². The molecule has 2 rings (SSSR count). The third-order valence-corrected chi connectivity index (χ3v) is 2.81. The molecule has 0 bridgehead atoms. The largest absolute Gasteiger partial charge is 0.453 e. The zero-order chi connectivity index (χ0) is 12.3. The van der Waals surface area contributed by atoms with Crippen molar-refractivity contribution in [3.05, 3.63) is 18.3 Å². The van der Waals surface area contributed by atoms with Crippen molar-refractivity contribution < 1.29 is 9.53 Å². The highest BCUT2D eigenvalue weighted by Gasteiger charge is 2.21. The molecule has 6 nitrogen and oxygen atoms in total. The van der Waals surface area contributed by atoms with Gasteiger partial charge in [-0.2, -0.15) is 0 Å². The minimum Gasteiger partial charge on any atom is -0.453 e. The number of rotatable bonds is 1. The molecule has 0 saturated carbocycles. The average Bonchev–Trinajstić information content (AvgIpc) is 2.39. The van der Waals surface area contributed by atoms with E-state index in [1.54, 1.807) is 11.1 Å². The Bertz CT molecular complexity index is 385. The molecule has 1 aliphatic rings. The van der Waals surface area contributed by atoms with Crippen LogP contribution in [0.5, 0.6) is 0 Å². The summed E-state index contributed by atoms with van der Waals surface area (Å²) in [6.45, 7) is 2.81. The molecule has 0 radical (unpaired) electrons. The molecule has 1 fully saturated rings. The van der Waals surface area contributed by atoms with Crippen LogP contribution in [0.4, 0.5) is 16.3 Å². The predicted octanol–water partition coefficient (Wildman–Crippen LogP) is 0.552. The summed E-state index contributed by atoms with van der Waals surface area (Å²) in [5, 5.41) is 0. The summed E-state index contributed by atoms with van der Waals surface area (Å²) < 4.78 is 4.68. The molecule has 17 heavy (non-hydrogen) atoms. The highest BCUT2D eigenvalue weighted by molar-refractivity contribution is 5.67. The summed E-state index contributed by atoms with van der Waals surface area (Å²) in [5.41, 5.74) is 6.24. The van der Waals surface area contributed by atoms with Crippen LogP contribution in [-0.4, -0.2) is 49.3 Å². The lowest BCUT2D eigenvalue weighted by Crippen LogP contribution is -2.49. The third-order valence-electron chi connectivity index (χ3n) is 2.81. The molecule has 0 atom stereocenters. The number of nitrogens with two attached hydrogens (primary N) is 1. The first-order chi connectivity index (χ1) is 8.20. The molecule has 1 aliphatic heterocycles. The van der Waals surface area contributed by atoms with Gasteiger partial charge in [0, 0.05) is 26.2 Å². The van der Waals surface area contributed by atoms with Gasteiger partial charge in [-0.05, 0) is 12.1 Å². The van der Waals surface area contributed by atoms with Gasteiger partial charge in [-0.1, -0.05) is 0 Å². The van der Waals surface area contributed by atoms with E-state index >= 15 is 0 Å². The van der Waals surface area contributed by atoms with Crippen LogP contribution >= 0.6 is 0 Å². The Kier molecular flexibility index (Phi) is 3.32. The quantitative estimate of drug-likeness (QED) is 0.771. The van der Waals surface area contributed by atoms with Gasteiger partial charge < -0.3 is 20.3 Å². The fourth-order valence-electron chi connectivity index (χ4n) is 1.83. The molecule has 2 N–H and O–H groups in total. The Balaban J connectivity index is 1.95. The number of ether oxygens (including phenoxy) is 1. The van der Waals surface area contributed by atoms with Crippen molar-refractivity contribution in [1.29, 1.82) is 0 Å². The monoisotopic (exact) mass is 236 g/mol.